The van der Waals surface area contributed by atoms with Crippen LogP contribution in [0.3, 0.4) is 0 Å². The van der Waals surface area contributed by atoms with Crippen molar-refractivity contribution in [3.8, 4) is 11.5 Å². The van der Waals surface area contributed by atoms with Gasteiger partial charge in [-0.1, -0.05) is 6.92 Å². The van der Waals surface area contributed by atoms with Crippen LogP contribution in [0, 0.1) is 10.1 Å². The summed E-state index contributed by atoms with van der Waals surface area (Å²) in [5.74, 6) is -1.07. The Balaban J connectivity index is 3.31. The molecule has 18 heavy (non-hydrogen) atoms. The van der Waals surface area contributed by atoms with Crippen LogP contribution in [0.2, 0.25) is 0 Å². The predicted molar refractivity (Wildman–Crippen MR) is 62.4 cm³/mol. The van der Waals surface area contributed by atoms with Crippen LogP contribution < -0.4 is 9.47 Å². The molecule has 0 saturated heterocycles. The van der Waals surface area contributed by atoms with E-state index in [4.69, 9.17) is 14.6 Å². The molecule has 1 N–H and O–H groups in total. The minimum atomic E-state index is -1.39. The summed E-state index contributed by atoms with van der Waals surface area (Å²) in [6.07, 6.45) is 0.720. The summed E-state index contributed by atoms with van der Waals surface area (Å²) in [6, 6.07) is 2.16. The molecule has 0 atom stereocenters. The molecule has 0 aliphatic carbocycles. The Bertz CT molecular complexity index is 471. The molecule has 0 unspecified atom stereocenters. The number of nitro benzene ring substituents is 1. The molecular weight excluding hydrogens is 242 g/mol. The third-order valence-electron chi connectivity index (χ3n) is 2.17. The van der Waals surface area contributed by atoms with Gasteiger partial charge >= 0.3 is 5.97 Å². The van der Waals surface area contributed by atoms with Crippen LogP contribution in [0.15, 0.2) is 12.1 Å². The Morgan fingerprint density at radius 2 is 2.11 bits per heavy atom. The molecule has 1 aromatic carbocycles. The highest BCUT2D eigenvalue weighted by atomic mass is 16.6. The van der Waals surface area contributed by atoms with Crippen molar-refractivity contribution < 1.29 is 24.3 Å². The molecule has 0 bridgehead atoms. The van der Waals surface area contributed by atoms with E-state index in [-0.39, 0.29) is 11.5 Å². The van der Waals surface area contributed by atoms with Crippen LogP contribution in [0.5, 0.6) is 11.5 Å². The Morgan fingerprint density at radius 1 is 1.44 bits per heavy atom. The highest BCUT2D eigenvalue weighted by Gasteiger charge is 2.24. The molecule has 0 radical (unpaired) electrons. The summed E-state index contributed by atoms with van der Waals surface area (Å²) in [4.78, 5) is 21.0. The van der Waals surface area contributed by atoms with Gasteiger partial charge in [-0.15, -0.1) is 0 Å². The molecule has 0 aliphatic rings. The largest absolute Gasteiger partial charge is 0.493 e. The van der Waals surface area contributed by atoms with Crippen LogP contribution >= 0.6 is 0 Å². The second-order valence-electron chi connectivity index (χ2n) is 3.43. The molecule has 0 aromatic heterocycles. The van der Waals surface area contributed by atoms with Crippen molar-refractivity contribution in [3.05, 3.63) is 27.8 Å². The number of carboxylic acids is 1. The van der Waals surface area contributed by atoms with E-state index in [0.29, 0.717) is 6.61 Å². The standard InChI is InChI=1S/C11H13NO6/c1-3-4-18-10-6-8(12(15)16)7(11(13)14)5-9(10)17-2/h5-6H,3-4H2,1-2H3,(H,13,14). The Morgan fingerprint density at radius 3 is 2.56 bits per heavy atom. The minimum absolute atomic E-state index is 0.159. The van der Waals surface area contributed by atoms with E-state index in [9.17, 15) is 14.9 Å². The summed E-state index contributed by atoms with van der Waals surface area (Å²) in [5, 5.41) is 19.7. The topological polar surface area (TPSA) is 98.9 Å². The first-order valence-electron chi connectivity index (χ1n) is 5.23. The van der Waals surface area contributed by atoms with Gasteiger partial charge in [0, 0.05) is 6.07 Å². The number of nitro groups is 1. The van der Waals surface area contributed by atoms with E-state index in [1.54, 1.807) is 0 Å². The lowest BCUT2D eigenvalue weighted by Gasteiger charge is -2.10. The molecule has 0 amide bonds. The lowest BCUT2D eigenvalue weighted by molar-refractivity contribution is -0.385. The van der Waals surface area contributed by atoms with E-state index in [0.717, 1.165) is 18.6 Å². The van der Waals surface area contributed by atoms with E-state index < -0.39 is 22.1 Å². The number of carboxylic acid groups (broad SMARTS) is 1. The maximum atomic E-state index is 10.9. The van der Waals surface area contributed by atoms with Crippen molar-refractivity contribution >= 4 is 11.7 Å². The van der Waals surface area contributed by atoms with Gasteiger partial charge in [0.2, 0.25) is 0 Å². The van der Waals surface area contributed by atoms with Crippen LogP contribution in [0.25, 0.3) is 0 Å². The monoisotopic (exact) mass is 255 g/mol. The van der Waals surface area contributed by atoms with Crippen molar-refractivity contribution in [2.24, 2.45) is 0 Å². The van der Waals surface area contributed by atoms with Gasteiger partial charge in [-0.2, -0.15) is 0 Å². The number of benzene rings is 1. The van der Waals surface area contributed by atoms with Gasteiger partial charge in [0.25, 0.3) is 5.69 Å². The van der Waals surface area contributed by atoms with Crippen molar-refractivity contribution in [3.63, 3.8) is 0 Å². The van der Waals surface area contributed by atoms with Gasteiger partial charge in [-0.25, -0.2) is 4.79 Å². The molecule has 7 heteroatoms. The van der Waals surface area contributed by atoms with Crippen molar-refractivity contribution in [2.45, 2.75) is 13.3 Å². The Labute approximate surface area is 103 Å². The molecule has 0 aliphatic heterocycles. The number of ether oxygens (including phenoxy) is 2. The number of carbonyl (C=O) groups is 1. The summed E-state index contributed by atoms with van der Waals surface area (Å²) in [7, 11) is 1.34. The molecule has 0 heterocycles. The highest BCUT2D eigenvalue weighted by molar-refractivity contribution is 5.93. The SMILES string of the molecule is CCCOc1cc([N+](=O)[O-])c(C(=O)O)cc1OC. The zero-order chi connectivity index (χ0) is 13.7. The first-order valence-corrected chi connectivity index (χ1v) is 5.23. The van der Waals surface area contributed by atoms with Crippen LogP contribution in [0.1, 0.15) is 23.7 Å². The third kappa shape index (κ3) is 2.88. The van der Waals surface area contributed by atoms with Gasteiger partial charge in [0.1, 0.15) is 5.56 Å². The summed E-state index contributed by atoms with van der Waals surface area (Å²) >= 11 is 0. The average molecular weight is 255 g/mol. The van der Waals surface area contributed by atoms with Crippen molar-refractivity contribution in [1.29, 1.82) is 0 Å². The van der Waals surface area contributed by atoms with Crippen LogP contribution in [-0.2, 0) is 0 Å². The first kappa shape index (κ1) is 13.8. The molecule has 1 aromatic rings. The predicted octanol–water partition coefficient (Wildman–Crippen LogP) is 2.09. The fourth-order valence-corrected chi connectivity index (χ4v) is 1.36. The summed E-state index contributed by atoms with van der Waals surface area (Å²) < 4.78 is 10.2. The second kappa shape index (κ2) is 5.85. The normalized spacial score (nSPS) is 9.89. The number of hydrogen-bond donors (Lipinski definition) is 1. The molecule has 98 valence electrons. The number of rotatable bonds is 6. The van der Waals surface area contributed by atoms with E-state index in [2.05, 4.69) is 0 Å². The highest BCUT2D eigenvalue weighted by Crippen LogP contribution is 2.34. The average Bonchev–Trinajstić information content (AvgIpc) is 2.34. The fourth-order valence-electron chi connectivity index (χ4n) is 1.36. The lowest BCUT2D eigenvalue weighted by Crippen LogP contribution is -2.05. The third-order valence-corrected chi connectivity index (χ3v) is 2.17. The van der Waals surface area contributed by atoms with E-state index >= 15 is 0 Å². The minimum Gasteiger partial charge on any atom is -0.493 e. The quantitative estimate of drug-likeness (QED) is 0.617. The second-order valence-corrected chi connectivity index (χ2v) is 3.43. The van der Waals surface area contributed by atoms with Gasteiger partial charge in [-0.3, -0.25) is 10.1 Å². The van der Waals surface area contributed by atoms with Gasteiger partial charge in [0.05, 0.1) is 24.7 Å². The lowest BCUT2D eigenvalue weighted by atomic mass is 10.1. The van der Waals surface area contributed by atoms with Crippen LogP contribution in [-0.4, -0.2) is 29.7 Å². The summed E-state index contributed by atoms with van der Waals surface area (Å²) in [6.45, 7) is 2.24. The number of methoxy groups -OCH3 is 1. The molecule has 7 nitrogen and oxygen atoms in total. The molecule has 0 saturated carbocycles. The fraction of sp³-hybridized carbons (Fsp3) is 0.364. The smallest absolute Gasteiger partial charge is 0.342 e. The van der Waals surface area contributed by atoms with Crippen LogP contribution in [0.4, 0.5) is 5.69 Å². The molecule has 1 rings (SSSR count). The van der Waals surface area contributed by atoms with Gasteiger partial charge in [-0.05, 0) is 6.42 Å². The van der Waals surface area contributed by atoms with E-state index in [1.165, 1.54) is 7.11 Å². The maximum absolute atomic E-state index is 10.9. The molecule has 0 spiro atoms. The van der Waals surface area contributed by atoms with E-state index in [1.807, 2.05) is 6.92 Å². The molecule has 0 fully saturated rings. The van der Waals surface area contributed by atoms with Gasteiger partial charge < -0.3 is 14.6 Å². The Kier molecular flexibility index (Phi) is 4.47. The van der Waals surface area contributed by atoms with Crippen molar-refractivity contribution in [1.82, 2.24) is 0 Å². The number of aromatic carboxylic acids is 1. The Hall–Kier alpha value is -2.31. The molecular formula is C11H13NO6. The summed E-state index contributed by atoms with van der Waals surface area (Å²) in [5.41, 5.74) is -0.949. The maximum Gasteiger partial charge on any atom is 0.342 e. The first-order chi connectivity index (χ1) is 8.51. The zero-order valence-electron chi connectivity index (χ0n) is 10.0. The number of hydrogen-bond acceptors (Lipinski definition) is 5. The van der Waals surface area contributed by atoms with Gasteiger partial charge in [0.15, 0.2) is 11.5 Å². The zero-order valence-corrected chi connectivity index (χ0v) is 10.0. The number of nitrogens with zero attached hydrogens (tertiary/aromatic N) is 1. The van der Waals surface area contributed by atoms with Crippen molar-refractivity contribution in [2.75, 3.05) is 13.7 Å².